The number of carbonyl (C=O) groups excluding carboxylic acids is 2. The highest BCUT2D eigenvalue weighted by atomic mass is 19.4. The van der Waals surface area contributed by atoms with Crippen LogP contribution in [0.3, 0.4) is 0 Å². The molecule has 0 saturated heterocycles. The van der Waals surface area contributed by atoms with E-state index in [-0.39, 0.29) is 18.3 Å². The number of hydrogen-bond acceptors (Lipinski definition) is 5. The maximum atomic E-state index is 13.7. The average Bonchev–Trinajstić information content (AvgIpc) is 2.82. The van der Waals surface area contributed by atoms with Gasteiger partial charge in [-0.15, -0.1) is 0 Å². The van der Waals surface area contributed by atoms with Crippen molar-refractivity contribution in [3.8, 4) is 0 Å². The molecular formula is C27H30F6N2O4. The van der Waals surface area contributed by atoms with Gasteiger partial charge in [0.15, 0.2) is 6.04 Å². The number of carbonyl (C=O) groups is 2. The number of fused-ring (bicyclic) bond motifs is 1. The van der Waals surface area contributed by atoms with Crippen molar-refractivity contribution in [3.05, 3.63) is 58.1 Å². The van der Waals surface area contributed by atoms with E-state index in [0.717, 1.165) is 18.2 Å². The van der Waals surface area contributed by atoms with Crippen molar-refractivity contribution in [1.29, 1.82) is 0 Å². The topological polar surface area (TPSA) is 59.1 Å². The summed E-state index contributed by atoms with van der Waals surface area (Å²) >= 11 is 0. The number of rotatable bonds is 5. The summed E-state index contributed by atoms with van der Waals surface area (Å²) in [6.45, 7) is 8.59. The van der Waals surface area contributed by atoms with Crippen molar-refractivity contribution in [3.63, 3.8) is 0 Å². The van der Waals surface area contributed by atoms with E-state index in [1.807, 2.05) is 0 Å². The first-order valence-corrected chi connectivity index (χ1v) is 12.2. The van der Waals surface area contributed by atoms with Crippen molar-refractivity contribution in [2.75, 3.05) is 23.5 Å². The van der Waals surface area contributed by atoms with Crippen molar-refractivity contribution in [2.24, 2.45) is 0 Å². The molecule has 2 aromatic carbocycles. The van der Waals surface area contributed by atoms with Gasteiger partial charge in [0.05, 0.1) is 41.8 Å². The quantitative estimate of drug-likeness (QED) is 0.286. The second-order valence-corrected chi connectivity index (χ2v) is 9.71. The molecule has 0 aromatic heterocycles. The summed E-state index contributed by atoms with van der Waals surface area (Å²) < 4.78 is 92.3. The first-order chi connectivity index (χ1) is 18.0. The lowest BCUT2D eigenvalue weighted by molar-refractivity contribution is -0.145. The minimum Gasteiger partial charge on any atom is -0.467 e. The number of benzene rings is 2. The first-order valence-electron chi connectivity index (χ1n) is 12.2. The smallest absolute Gasteiger partial charge is 0.416 e. The summed E-state index contributed by atoms with van der Waals surface area (Å²) in [5, 5.41) is 0. The van der Waals surface area contributed by atoms with Gasteiger partial charge >= 0.3 is 24.4 Å². The molecule has 1 amide bonds. The highest BCUT2D eigenvalue weighted by molar-refractivity contribution is 5.96. The molecule has 0 unspecified atom stereocenters. The van der Waals surface area contributed by atoms with E-state index in [9.17, 15) is 35.9 Å². The van der Waals surface area contributed by atoms with Crippen LogP contribution in [0.1, 0.15) is 61.1 Å². The molecule has 214 valence electrons. The van der Waals surface area contributed by atoms with Gasteiger partial charge in [0.1, 0.15) is 0 Å². The van der Waals surface area contributed by atoms with Gasteiger partial charge in [-0.05, 0) is 81.1 Å². The number of ether oxygens (including phenoxy) is 2. The molecule has 0 N–H and O–H groups in total. The van der Waals surface area contributed by atoms with Crippen molar-refractivity contribution in [1.82, 2.24) is 0 Å². The number of alkyl halides is 6. The number of anilines is 2. The molecule has 2 atom stereocenters. The van der Waals surface area contributed by atoms with E-state index < -0.39 is 59.3 Å². The predicted molar refractivity (Wildman–Crippen MR) is 133 cm³/mol. The van der Waals surface area contributed by atoms with E-state index >= 15 is 0 Å². The molecule has 1 aliphatic rings. The highest BCUT2D eigenvalue weighted by Gasteiger charge is 2.43. The summed E-state index contributed by atoms with van der Waals surface area (Å²) in [7, 11) is 1.00. The summed E-state index contributed by atoms with van der Waals surface area (Å²) in [5.41, 5.74) is -1.54. The monoisotopic (exact) mass is 560 g/mol. The van der Waals surface area contributed by atoms with Crippen LogP contribution in [0.2, 0.25) is 0 Å². The number of nitrogens with zero attached hydrogens (tertiary/aromatic N) is 2. The fourth-order valence-corrected chi connectivity index (χ4v) is 4.57. The van der Waals surface area contributed by atoms with Gasteiger partial charge in [0, 0.05) is 6.54 Å². The van der Waals surface area contributed by atoms with E-state index in [2.05, 4.69) is 0 Å². The molecule has 0 saturated carbocycles. The average molecular weight is 561 g/mol. The SMILES string of the molecule is CC[C@@H]1CN([C@@H](C(=O)OC)c2cc(C(F)(F)F)cc(C(F)(F)F)c2)c2cc(C)c(C)cc2N1C(=O)OC(C)C. The Kier molecular flexibility index (Phi) is 8.47. The molecule has 0 aliphatic carbocycles. The van der Waals surface area contributed by atoms with E-state index in [1.165, 1.54) is 9.80 Å². The van der Waals surface area contributed by atoms with Crippen molar-refractivity contribution >= 4 is 23.4 Å². The third kappa shape index (κ3) is 6.25. The zero-order valence-corrected chi connectivity index (χ0v) is 22.3. The molecule has 1 heterocycles. The Morgan fingerprint density at radius 1 is 0.923 bits per heavy atom. The lowest BCUT2D eigenvalue weighted by atomic mass is 9.94. The third-order valence-electron chi connectivity index (χ3n) is 6.60. The lowest BCUT2D eigenvalue weighted by Gasteiger charge is -2.45. The maximum absolute atomic E-state index is 13.7. The van der Waals surface area contributed by atoms with Gasteiger partial charge in [0.25, 0.3) is 0 Å². The van der Waals surface area contributed by atoms with E-state index in [1.54, 1.807) is 46.8 Å². The van der Waals surface area contributed by atoms with Crippen molar-refractivity contribution < 1.29 is 45.4 Å². The minimum absolute atomic E-state index is 0.00794. The first kappa shape index (κ1) is 30.1. The predicted octanol–water partition coefficient (Wildman–Crippen LogP) is 7.21. The summed E-state index contributed by atoms with van der Waals surface area (Å²) in [6, 6.07) is 2.09. The fraction of sp³-hybridized carbons (Fsp3) is 0.481. The Bertz CT molecular complexity index is 1210. The molecule has 0 fully saturated rings. The van der Waals surface area contributed by atoms with Crippen LogP contribution in [0.25, 0.3) is 0 Å². The van der Waals surface area contributed by atoms with Crippen LogP contribution in [0.15, 0.2) is 30.3 Å². The second kappa shape index (κ2) is 11.0. The zero-order chi connectivity index (χ0) is 29.4. The normalized spacial score (nSPS) is 16.7. The molecule has 0 bridgehead atoms. The molecule has 6 nitrogen and oxygen atoms in total. The van der Waals surface area contributed by atoms with Crippen LogP contribution in [0, 0.1) is 13.8 Å². The van der Waals surface area contributed by atoms with E-state index in [4.69, 9.17) is 9.47 Å². The van der Waals surface area contributed by atoms with Gasteiger partial charge in [-0.1, -0.05) is 6.92 Å². The molecule has 3 rings (SSSR count). The number of esters is 1. The minimum atomic E-state index is -5.10. The Labute approximate surface area is 222 Å². The van der Waals surface area contributed by atoms with Gasteiger partial charge < -0.3 is 14.4 Å². The summed E-state index contributed by atoms with van der Waals surface area (Å²) in [4.78, 5) is 29.1. The number of halogens is 6. The summed E-state index contributed by atoms with van der Waals surface area (Å²) in [5.74, 6) is -1.06. The molecule has 39 heavy (non-hydrogen) atoms. The number of hydrogen-bond donors (Lipinski definition) is 0. The highest BCUT2D eigenvalue weighted by Crippen LogP contribution is 2.45. The molecule has 12 heteroatoms. The van der Waals surface area contributed by atoms with Crippen LogP contribution in [0.5, 0.6) is 0 Å². The molecule has 2 aromatic rings. The second-order valence-electron chi connectivity index (χ2n) is 9.71. The van der Waals surface area contributed by atoms with Crippen LogP contribution >= 0.6 is 0 Å². The van der Waals surface area contributed by atoms with Crippen LogP contribution in [-0.4, -0.2) is 37.9 Å². The zero-order valence-electron chi connectivity index (χ0n) is 22.3. The molecule has 0 spiro atoms. The van der Waals surface area contributed by atoms with Crippen LogP contribution in [-0.2, 0) is 26.6 Å². The van der Waals surface area contributed by atoms with Gasteiger partial charge in [-0.25, -0.2) is 9.59 Å². The van der Waals surface area contributed by atoms with Crippen molar-refractivity contribution in [2.45, 2.75) is 71.6 Å². The Balaban J connectivity index is 2.31. The maximum Gasteiger partial charge on any atom is 0.416 e. The Morgan fingerprint density at radius 2 is 1.44 bits per heavy atom. The van der Waals surface area contributed by atoms with Crippen LogP contribution in [0.4, 0.5) is 42.5 Å². The summed E-state index contributed by atoms with van der Waals surface area (Å²) in [6.07, 6.45) is -11.0. The standard InChI is InChI=1S/C27H30F6N2O4/c1-7-20-13-34(21-8-15(4)16(5)9-22(21)35(20)25(37)39-14(2)3)23(24(36)38-6)17-10-18(26(28,29)30)12-19(11-17)27(31,32)33/h8-12,14,20,23H,7,13H2,1-6H3/t20-,23-/m1/s1. The molecule has 1 aliphatic heterocycles. The largest absolute Gasteiger partial charge is 0.467 e. The van der Waals surface area contributed by atoms with Crippen LogP contribution < -0.4 is 9.80 Å². The number of methoxy groups -OCH3 is 1. The Morgan fingerprint density at radius 3 is 1.87 bits per heavy atom. The lowest BCUT2D eigenvalue weighted by Crippen LogP contribution is -2.54. The van der Waals surface area contributed by atoms with Gasteiger partial charge in [0.2, 0.25) is 0 Å². The fourth-order valence-electron chi connectivity index (χ4n) is 4.57. The molecular weight excluding hydrogens is 530 g/mol. The Hall–Kier alpha value is -3.44. The number of aryl methyl sites for hydroxylation is 2. The van der Waals surface area contributed by atoms with Gasteiger partial charge in [-0.3, -0.25) is 4.90 Å². The number of amides is 1. The third-order valence-corrected chi connectivity index (χ3v) is 6.60. The van der Waals surface area contributed by atoms with E-state index in [0.29, 0.717) is 24.2 Å². The van der Waals surface area contributed by atoms with Gasteiger partial charge in [-0.2, -0.15) is 26.3 Å². The molecule has 0 radical (unpaired) electrons.